The molecule has 0 aromatic carbocycles. The molecular weight excluding hydrogens is 378 g/mol. The Hall–Kier alpha value is -2.37. The summed E-state index contributed by atoms with van der Waals surface area (Å²) in [5.41, 5.74) is 2.21. The molecule has 0 N–H and O–H groups in total. The number of pyridine rings is 1. The van der Waals surface area contributed by atoms with Crippen LogP contribution in [0.15, 0.2) is 18.3 Å². The molecule has 0 aliphatic carbocycles. The summed E-state index contributed by atoms with van der Waals surface area (Å²) in [5.74, 6) is 0.667. The van der Waals surface area contributed by atoms with Crippen LogP contribution < -0.4 is 0 Å². The normalized spacial score (nSPS) is 10.9. The van der Waals surface area contributed by atoms with E-state index in [2.05, 4.69) is 32.7 Å². The lowest BCUT2D eigenvalue weighted by molar-refractivity contribution is 0.0519. The highest BCUT2D eigenvalue weighted by atomic mass is 16.5. The van der Waals surface area contributed by atoms with E-state index in [9.17, 15) is 9.59 Å². The summed E-state index contributed by atoms with van der Waals surface area (Å²) in [7, 11) is 0. The second kappa shape index (κ2) is 12.4. The number of fused-ring (bicyclic) bond motifs is 1. The highest BCUT2D eigenvalue weighted by Crippen LogP contribution is 2.17. The van der Waals surface area contributed by atoms with Gasteiger partial charge in [0.2, 0.25) is 0 Å². The number of amides is 1. The number of nitrogens with zero attached hydrogens (tertiary/aromatic N) is 3. The van der Waals surface area contributed by atoms with Crippen molar-refractivity contribution in [2.24, 2.45) is 11.8 Å². The molecule has 0 spiro atoms. The Bertz CT molecular complexity index is 812. The number of rotatable bonds is 9. The Labute approximate surface area is 181 Å². The van der Waals surface area contributed by atoms with Crippen molar-refractivity contribution in [3.8, 4) is 0 Å². The Balaban J connectivity index is 0.00000218. The third kappa shape index (κ3) is 6.85. The number of carbonyl (C=O) groups excluding carboxylic acids is 2. The van der Waals surface area contributed by atoms with Gasteiger partial charge < -0.3 is 14.0 Å². The van der Waals surface area contributed by atoms with Gasteiger partial charge in [0, 0.05) is 19.3 Å². The smallest absolute Gasteiger partial charge is 0.358 e. The lowest BCUT2D eigenvalue weighted by atomic mass is 10.1. The minimum absolute atomic E-state index is 0.0222. The van der Waals surface area contributed by atoms with E-state index < -0.39 is 5.97 Å². The highest BCUT2D eigenvalue weighted by molar-refractivity contribution is 5.94. The fourth-order valence-electron chi connectivity index (χ4n) is 3.01. The van der Waals surface area contributed by atoms with Crippen molar-refractivity contribution >= 4 is 17.5 Å². The molecule has 6 nitrogen and oxygen atoms in total. The van der Waals surface area contributed by atoms with Crippen LogP contribution in [0.2, 0.25) is 0 Å². The average molecular weight is 418 g/mol. The zero-order chi connectivity index (χ0) is 22.8. The fraction of sp³-hybridized carbons (Fsp3) is 0.625. The van der Waals surface area contributed by atoms with E-state index in [1.54, 1.807) is 29.7 Å². The van der Waals surface area contributed by atoms with Crippen LogP contribution in [0.25, 0.3) is 5.65 Å². The molecule has 2 rings (SSSR count). The summed E-state index contributed by atoms with van der Waals surface area (Å²) in [6.45, 7) is 18.1. The van der Waals surface area contributed by atoms with Crippen LogP contribution in [-0.2, 0) is 4.74 Å². The number of hydrogen-bond donors (Lipinski definition) is 0. The van der Waals surface area contributed by atoms with Gasteiger partial charge in [-0.2, -0.15) is 0 Å². The van der Waals surface area contributed by atoms with Crippen molar-refractivity contribution in [2.75, 3.05) is 19.7 Å². The van der Waals surface area contributed by atoms with Gasteiger partial charge >= 0.3 is 5.97 Å². The molecule has 0 bridgehead atoms. The van der Waals surface area contributed by atoms with Gasteiger partial charge in [-0.1, -0.05) is 41.5 Å². The minimum atomic E-state index is -0.438. The lowest BCUT2D eigenvalue weighted by Crippen LogP contribution is -2.34. The number of aryl methyl sites for hydroxylation is 1. The number of carbonyl (C=O) groups is 2. The molecule has 6 heteroatoms. The van der Waals surface area contributed by atoms with Gasteiger partial charge in [0.15, 0.2) is 5.69 Å². The number of aromatic nitrogens is 2. The van der Waals surface area contributed by atoms with Crippen molar-refractivity contribution in [3.05, 3.63) is 35.3 Å². The first-order chi connectivity index (χ1) is 14.2. The zero-order valence-corrected chi connectivity index (χ0v) is 20.0. The minimum Gasteiger partial charge on any atom is -0.461 e. The predicted molar refractivity (Wildman–Crippen MR) is 122 cm³/mol. The predicted octanol–water partition coefficient (Wildman–Crippen LogP) is 5.38. The van der Waals surface area contributed by atoms with Crippen LogP contribution in [0.3, 0.4) is 0 Å². The fourth-order valence-corrected chi connectivity index (χ4v) is 3.01. The summed E-state index contributed by atoms with van der Waals surface area (Å²) >= 11 is 0. The van der Waals surface area contributed by atoms with Crippen LogP contribution in [0.5, 0.6) is 0 Å². The van der Waals surface area contributed by atoms with E-state index in [1.807, 2.05) is 25.7 Å². The van der Waals surface area contributed by atoms with Crippen LogP contribution in [0.1, 0.15) is 87.8 Å². The summed E-state index contributed by atoms with van der Waals surface area (Å²) in [4.78, 5) is 31.6. The molecular formula is C24H39N3O3. The molecule has 168 valence electrons. The number of imidazole rings is 1. The highest BCUT2D eigenvalue weighted by Gasteiger charge is 2.20. The van der Waals surface area contributed by atoms with Crippen LogP contribution in [-0.4, -0.2) is 45.9 Å². The standard InChI is InChI=1S/C22H33N3O3.C2H6/c1-7-28-22(27)20-17(6)25-14-18(8-9-19(25)23-20)21(26)24(12-10-15(2)3)13-11-16(4)5;1-2/h8-9,14-16H,7,10-13H2,1-6H3;1-2H3. The summed E-state index contributed by atoms with van der Waals surface area (Å²) in [6, 6.07) is 3.57. The van der Waals surface area contributed by atoms with Gasteiger partial charge in [-0.15, -0.1) is 0 Å². The van der Waals surface area contributed by atoms with E-state index in [1.165, 1.54) is 0 Å². The van der Waals surface area contributed by atoms with E-state index in [-0.39, 0.29) is 5.91 Å². The Morgan fingerprint density at radius 1 is 1.07 bits per heavy atom. The summed E-state index contributed by atoms with van der Waals surface area (Å²) < 4.78 is 6.87. The van der Waals surface area contributed by atoms with Crippen molar-refractivity contribution in [1.29, 1.82) is 0 Å². The molecule has 0 saturated heterocycles. The molecule has 2 heterocycles. The van der Waals surface area contributed by atoms with Crippen molar-refractivity contribution in [2.45, 2.75) is 68.2 Å². The first kappa shape index (κ1) is 25.7. The number of hydrogen-bond acceptors (Lipinski definition) is 4. The van der Waals surface area contributed by atoms with Crippen LogP contribution in [0, 0.1) is 18.8 Å². The molecule has 0 unspecified atom stereocenters. The van der Waals surface area contributed by atoms with E-state index >= 15 is 0 Å². The summed E-state index contributed by atoms with van der Waals surface area (Å²) in [5, 5.41) is 0. The maximum Gasteiger partial charge on any atom is 0.358 e. The molecule has 2 aromatic heterocycles. The van der Waals surface area contributed by atoms with Crippen LogP contribution in [0.4, 0.5) is 0 Å². The monoisotopic (exact) mass is 417 g/mol. The first-order valence-corrected chi connectivity index (χ1v) is 11.2. The Morgan fingerprint density at radius 3 is 2.13 bits per heavy atom. The van der Waals surface area contributed by atoms with Crippen molar-refractivity contribution < 1.29 is 14.3 Å². The van der Waals surface area contributed by atoms with Crippen molar-refractivity contribution in [3.63, 3.8) is 0 Å². The second-order valence-corrected chi connectivity index (χ2v) is 8.07. The van der Waals surface area contributed by atoms with Gasteiger partial charge in [0.25, 0.3) is 5.91 Å². The van der Waals surface area contributed by atoms with Gasteiger partial charge in [0.1, 0.15) is 5.65 Å². The molecule has 0 aliphatic rings. The molecule has 30 heavy (non-hydrogen) atoms. The van der Waals surface area contributed by atoms with E-state index in [4.69, 9.17) is 4.74 Å². The molecule has 0 saturated carbocycles. The third-order valence-electron chi connectivity index (χ3n) is 4.81. The Kier molecular flexibility index (Phi) is 10.6. The maximum absolute atomic E-state index is 13.2. The SMILES string of the molecule is CC.CCOC(=O)c1nc2ccc(C(=O)N(CCC(C)C)CCC(C)C)cn2c1C. The molecule has 1 amide bonds. The molecule has 2 aromatic rings. The molecule has 0 fully saturated rings. The lowest BCUT2D eigenvalue weighted by Gasteiger charge is -2.24. The zero-order valence-electron chi connectivity index (χ0n) is 20.0. The second-order valence-electron chi connectivity index (χ2n) is 8.07. The van der Waals surface area contributed by atoms with Gasteiger partial charge in [0.05, 0.1) is 17.9 Å². The van der Waals surface area contributed by atoms with Gasteiger partial charge in [-0.05, 0) is 50.7 Å². The quantitative estimate of drug-likeness (QED) is 0.514. The van der Waals surface area contributed by atoms with Crippen LogP contribution >= 0.6 is 0 Å². The first-order valence-electron chi connectivity index (χ1n) is 11.2. The van der Waals surface area contributed by atoms with E-state index in [0.29, 0.717) is 41.0 Å². The summed E-state index contributed by atoms with van der Waals surface area (Å²) in [6.07, 6.45) is 3.73. The number of ether oxygens (including phenoxy) is 1. The maximum atomic E-state index is 13.2. The largest absolute Gasteiger partial charge is 0.461 e. The molecule has 0 aliphatic heterocycles. The average Bonchev–Trinajstić information content (AvgIpc) is 3.05. The van der Waals surface area contributed by atoms with Gasteiger partial charge in [-0.25, -0.2) is 9.78 Å². The Morgan fingerprint density at radius 2 is 1.63 bits per heavy atom. The molecule has 0 radical (unpaired) electrons. The molecule has 0 atom stereocenters. The van der Waals surface area contributed by atoms with E-state index in [0.717, 1.165) is 25.9 Å². The van der Waals surface area contributed by atoms with Crippen molar-refractivity contribution in [1.82, 2.24) is 14.3 Å². The topological polar surface area (TPSA) is 63.9 Å². The third-order valence-corrected chi connectivity index (χ3v) is 4.81. The number of esters is 1. The van der Waals surface area contributed by atoms with Gasteiger partial charge in [-0.3, -0.25) is 4.79 Å².